The van der Waals surface area contributed by atoms with E-state index in [-0.39, 0.29) is 42.7 Å². The van der Waals surface area contributed by atoms with Crippen molar-refractivity contribution in [2.24, 2.45) is 0 Å². The van der Waals surface area contributed by atoms with Crippen molar-refractivity contribution in [1.29, 1.82) is 0 Å². The molecular formula is C24H27F2N3O3. The van der Waals surface area contributed by atoms with Crippen LogP contribution in [0.1, 0.15) is 30.4 Å². The second-order valence-corrected chi connectivity index (χ2v) is 8.30. The summed E-state index contributed by atoms with van der Waals surface area (Å²) in [6.07, 6.45) is 0.677. The van der Waals surface area contributed by atoms with Gasteiger partial charge in [-0.1, -0.05) is 30.3 Å². The van der Waals surface area contributed by atoms with Crippen LogP contribution in [0.15, 0.2) is 42.5 Å². The van der Waals surface area contributed by atoms with Gasteiger partial charge in [0.15, 0.2) is 11.6 Å². The first-order valence-corrected chi connectivity index (χ1v) is 10.8. The molecule has 0 aromatic heterocycles. The Morgan fingerprint density at radius 1 is 1.06 bits per heavy atom. The quantitative estimate of drug-likeness (QED) is 0.715. The van der Waals surface area contributed by atoms with Crippen LogP contribution in [0.25, 0.3) is 0 Å². The van der Waals surface area contributed by atoms with E-state index in [9.17, 15) is 18.4 Å². The third kappa shape index (κ3) is 5.24. The monoisotopic (exact) mass is 443 g/mol. The summed E-state index contributed by atoms with van der Waals surface area (Å²) >= 11 is 0. The highest BCUT2D eigenvalue weighted by Gasteiger charge is 2.41. The normalized spacial score (nSPS) is 20.2. The Morgan fingerprint density at radius 2 is 1.75 bits per heavy atom. The van der Waals surface area contributed by atoms with E-state index in [1.54, 1.807) is 9.80 Å². The minimum Gasteiger partial charge on any atom is -0.486 e. The average Bonchev–Trinajstić information content (AvgIpc) is 3.57. The van der Waals surface area contributed by atoms with Crippen molar-refractivity contribution >= 4 is 11.8 Å². The van der Waals surface area contributed by atoms with Crippen LogP contribution < -0.4 is 10.1 Å². The van der Waals surface area contributed by atoms with Gasteiger partial charge in [0, 0.05) is 56.7 Å². The van der Waals surface area contributed by atoms with Gasteiger partial charge in [0.2, 0.25) is 11.8 Å². The predicted octanol–water partition coefficient (Wildman–Crippen LogP) is 2.68. The van der Waals surface area contributed by atoms with E-state index in [2.05, 4.69) is 5.32 Å². The van der Waals surface area contributed by atoms with Gasteiger partial charge in [0.05, 0.1) is 6.54 Å². The molecule has 8 heteroatoms. The first-order chi connectivity index (χ1) is 15.4. The van der Waals surface area contributed by atoms with Gasteiger partial charge in [-0.2, -0.15) is 0 Å². The fourth-order valence-electron chi connectivity index (χ4n) is 4.10. The van der Waals surface area contributed by atoms with Crippen LogP contribution in [-0.2, 0) is 16.2 Å². The molecule has 0 radical (unpaired) electrons. The Balaban J connectivity index is 1.33. The lowest BCUT2D eigenvalue weighted by Gasteiger charge is -2.34. The molecular weight excluding hydrogens is 416 g/mol. The third-order valence-corrected chi connectivity index (χ3v) is 6.05. The number of ether oxygens (including phenoxy) is 1. The molecule has 2 amide bonds. The number of piperazine rings is 1. The molecule has 0 bridgehead atoms. The van der Waals surface area contributed by atoms with Crippen molar-refractivity contribution < 1.29 is 23.1 Å². The van der Waals surface area contributed by atoms with Crippen molar-refractivity contribution in [2.45, 2.75) is 31.9 Å². The molecule has 0 unspecified atom stereocenters. The number of rotatable bonds is 7. The summed E-state index contributed by atoms with van der Waals surface area (Å²) in [5.74, 6) is -1.44. The summed E-state index contributed by atoms with van der Waals surface area (Å²) in [4.78, 5) is 27.4. The summed E-state index contributed by atoms with van der Waals surface area (Å²) < 4.78 is 34.2. The second-order valence-electron chi connectivity index (χ2n) is 8.30. The van der Waals surface area contributed by atoms with Gasteiger partial charge in [-0.05, 0) is 18.1 Å². The van der Waals surface area contributed by atoms with Crippen LogP contribution in [0.3, 0.4) is 0 Å². The van der Waals surface area contributed by atoms with E-state index in [0.29, 0.717) is 38.2 Å². The van der Waals surface area contributed by atoms with Crippen LogP contribution >= 0.6 is 0 Å². The van der Waals surface area contributed by atoms with Crippen molar-refractivity contribution in [3.63, 3.8) is 0 Å². The highest BCUT2D eigenvalue weighted by Crippen LogP contribution is 2.46. The Bertz CT molecular complexity index is 978. The molecule has 1 N–H and O–H groups in total. The van der Waals surface area contributed by atoms with Crippen LogP contribution in [0, 0.1) is 11.6 Å². The summed E-state index contributed by atoms with van der Waals surface area (Å²) in [6, 6.07) is 11.5. The zero-order valence-corrected chi connectivity index (χ0v) is 18.0. The molecule has 1 heterocycles. The molecule has 1 saturated heterocycles. The van der Waals surface area contributed by atoms with E-state index in [4.69, 9.17) is 4.74 Å². The van der Waals surface area contributed by atoms with Gasteiger partial charge in [-0.15, -0.1) is 0 Å². The second kappa shape index (κ2) is 9.65. The maximum absolute atomic E-state index is 14.5. The molecule has 4 rings (SSSR count). The van der Waals surface area contributed by atoms with E-state index in [0.717, 1.165) is 11.6 Å². The van der Waals surface area contributed by atoms with Gasteiger partial charge < -0.3 is 19.9 Å². The first kappa shape index (κ1) is 22.2. The van der Waals surface area contributed by atoms with Crippen molar-refractivity contribution in [3.05, 3.63) is 65.2 Å². The predicted molar refractivity (Wildman–Crippen MR) is 115 cm³/mol. The fourth-order valence-corrected chi connectivity index (χ4v) is 4.10. The Hall–Kier alpha value is -3.00. The van der Waals surface area contributed by atoms with Gasteiger partial charge in [-0.25, -0.2) is 8.78 Å². The average molecular weight is 443 g/mol. The zero-order chi connectivity index (χ0) is 22.7. The van der Waals surface area contributed by atoms with Gasteiger partial charge in [0.25, 0.3) is 0 Å². The molecule has 170 valence electrons. The SMILES string of the molecule is CC(=O)N1CCN(C(=O)CN[C@@H]2C[C@H]2c2cc(F)cc(F)c2OCc2ccccc2)CC1. The molecule has 2 aliphatic rings. The number of carbonyl (C=O) groups is 2. The highest BCUT2D eigenvalue weighted by atomic mass is 19.1. The maximum Gasteiger partial charge on any atom is 0.236 e. The van der Waals surface area contributed by atoms with Crippen molar-refractivity contribution in [1.82, 2.24) is 15.1 Å². The van der Waals surface area contributed by atoms with Gasteiger partial charge in [0.1, 0.15) is 12.4 Å². The molecule has 1 saturated carbocycles. The summed E-state index contributed by atoms with van der Waals surface area (Å²) in [7, 11) is 0. The Labute approximate surface area is 186 Å². The van der Waals surface area contributed by atoms with Crippen LogP contribution in [0.4, 0.5) is 8.78 Å². The largest absolute Gasteiger partial charge is 0.486 e. The van der Waals surface area contributed by atoms with E-state index >= 15 is 0 Å². The van der Waals surface area contributed by atoms with E-state index in [1.807, 2.05) is 30.3 Å². The highest BCUT2D eigenvalue weighted by molar-refractivity contribution is 5.79. The molecule has 2 atom stereocenters. The zero-order valence-electron chi connectivity index (χ0n) is 18.0. The fraction of sp³-hybridized carbons (Fsp3) is 0.417. The van der Waals surface area contributed by atoms with E-state index < -0.39 is 11.6 Å². The van der Waals surface area contributed by atoms with Crippen LogP contribution in [-0.4, -0.2) is 60.4 Å². The summed E-state index contributed by atoms with van der Waals surface area (Å²) in [5.41, 5.74) is 1.38. The van der Waals surface area contributed by atoms with Gasteiger partial charge >= 0.3 is 0 Å². The Kier molecular flexibility index (Phi) is 6.69. The number of halogens is 2. The molecule has 0 spiro atoms. The molecule has 2 aromatic carbocycles. The number of carbonyl (C=O) groups excluding carboxylic acids is 2. The van der Waals surface area contributed by atoms with Crippen molar-refractivity contribution in [3.8, 4) is 5.75 Å². The number of amides is 2. The Morgan fingerprint density at radius 3 is 2.44 bits per heavy atom. The molecule has 32 heavy (non-hydrogen) atoms. The van der Waals surface area contributed by atoms with Crippen molar-refractivity contribution in [2.75, 3.05) is 32.7 Å². The molecule has 2 fully saturated rings. The molecule has 2 aromatic rings. The van der Waals surface area contributed by atoms with Crippen LogP contribution in [0.5, 0.6) is 5.75 Å². The first-order valence-electron chi connectivity index (χ1n) is 10.8. The lowest BCUT2D eigenvalue weighted by Crippen LogP contribution is -2.52. The molecule has 1 aliphatic carbocycles. The number of benzene rings is 2. The van der Waals surface area contributed by atoms with Gasteiger partial charge in [-0.3, -0.25) is 9.59 Å². The smallest absolute Gasteiger partial charge is 0.236 e. The lowest BCUT2D eigenvalue weighted by molar-refractivity contribution is -0.137. The topological polar surface area (TPSA) is 61.9 Å². The number of nitrogens with one attached hydrogen (secondary N) is 1. The number of nitrogens with zero attached hydrogens (tertiary/aromatic N) is 2. The van der Waals surface area contributed by atoms with Crippen LogP contribution in [0.2, 0.25) is 0 Å². The summed E-state index contributed by atoms with van der Waals surface area (Å²) in [6.45, 7) is 3.97. The number of hydrogen-bond donors (Lipinski definition) is 1. The summed E-state index contributed by atoms with van der Waals surface area (Å²) in [5, 5.41) is 3.20. The minimum atomic E-state index is -0.721. The van der Waals surface area contributed by atoms with E-state index in [1.165, 1.54) is 13.0 Å². The minimum absolute atomic E-state index is 0.0173. The lowest BCUT2D eigenvalue weighted by atomic mass is 10.1. The number of hydrogen-bond acceptors (Lipinski definition) is 4. The molecule has 1 aliphatic heterocycles. The third-order valence-electron chi connectivity index (χ3n) is 6.05. The standard InChI is InChI=1S/C24H27F2N3O3/c1-16(30)28-7-9-29(10-8-28)23(31)14-27-22-13-19(22)20-11-18(25)12-21(26)24(20)32-15-17-5-3-2-4-6-17/h2-6,11-12,19,22,27H,7-10,13-15H2,1H3/t19-,22+/m0/s1. The maximum atomic E-state index is 14.5. The molecule has 6 nitrogen and oxygen atoms in total.